The Morgan fingerprint density at radius 1 is 1.00 bits per heavy atom. The second kappa shape index (κ2) is 3.88. The van der Waals surface area contributed by atoms with Crippen molar-refractivity contribution in [3.63, 3.8) is 0 Å². The first-order valence-corrected chi connectivity index (χ1v) is 4.39. The van der Waals surface area contributed by atoms with Gasteiger partial charge in [-0.1, -0.05) is 0 Å². The van der Waals surface area contributed by atoms with Gasteiger partial charge in [0.25, 0.3) is 0 Å². The fraction of sp³-hybridized carbons (Fsp3) is 0.100. The highest BCUT2D eigenvalue weighted by atomic mass is 19.4. The lowest BCUT2D eigenvalue weighted by Gasteiger charge is -2.06. The smallest absolute Gasteiger partial charge is 0.254 e. The Balaban J connectivity index is 2.34. The molecule has 3 nitrogen and oxygen atoms in total. The fourth-order valence-electron chi connectivity index (χ4n) is 1.15. The molecule has 2 rings (SSSR count). The first-order chi connectivity index (χ1) is 7.57. The van der Waals surface area contributed by atoms with Crippen molar-refractivity contribution < 1.29 is 13.2 Å². The minimum Gasteiger partial charge on any atom is -0.254 e. The third kappa shape index (κ3) is 2.16. The van der Waals surface area contributed by atoms with Crippen LogP contribution in [0.15, 0.2) is 36.7 Å². The highest BCUT2D eigenvalue weighted by Gasteiger charge is 2.30. The predicted octanol–water partition coefficient (Wildman–Crippen LogP) is 2.56. The van der Waals surface area contributed by atoms with Crippen LogP contribution in [0.1, 0.15) is 5.56 Å². The number of aromatic nitrogens is 3. The monoisotopic (exact) mass is 225 g/mol. The molecule has 0 unspecified atom stereocenters. The van der Waals surface area contributed by atoms with Crippen molar-refractivity contribution in [1.82, 2.24) is 15.2 Å². The Bertz CT molecular complexity index is 465. The lowest BCUT2D eigenvalue weighted by Crippen LogP contribution is -2.05. The Morgan fingerprint density at radius 2 is 1.81 bits per heavy atom. The number of halogens is 3. The maximum atomic E-state index is 12.3. The molecule has 2 aromatic heterocycles. The van der Waals surface area contributed by atoms with E-state index >= 15 is 0 Å². The van der Waals surface area contributed by atoms with Gasteiger partial charge in [-0.2, -0.15) is 18.3 Å². The molecule has 0 spiro atoms. The van der Waals surface area contributed by atoms with Crippen LogP contribution in [0.3, 0.4) is 0 Å². The van der Waals surface area contributed by atoms with Crippen LogP contribution >= 0.6 is 0 Å². The summed E-state index contributed by atoms with van der Waals surface area (Å²) in [4.78, 5) is 3.69. The maximum absolute atomic E-state index is 12.3. The molecular weight excluding hydrogens is 219 g/mol. The first kappa shape index (κ1) is 10.5. The zero-order valence-electron chi connectivity index (χ0n) is 7.94. The summed E-state index contributed by atoms with van der Waals surface area (Å²) in [5.41, 5.74) is 0.0254. The number of rotatable bonds is 1. The summed E-state index contributed by atoms with van der Waals surface area (Å²) in [5.74, 6) is 0. The number of hydrogen-bond donors (Lipinski definition) is 0. The molecule has 82 valence electrons. The van der Waals surface area contributed by atoms with Crippen molar-refractivity contribution in [3.05, 3.63) is 42.2 Å². The summed E-state index contributed by atoms with van der Waals surface area (Å²) in [5, 5.41) is 7.37. The quantitative estimate of drug-likeness (QED) is 0.748. The molecule has 6 heteroatoms. The molecule has 0 amide bonds. The van der Waals surface area contributed by atoms with E-state index in [4.69, 9.17) is 0 Å². The van der Waals surface area contributed by atoms with Gasteiger partial charge in [-0.05, 0) is 24.3 Å². The molecule has 0 N–H and O–H groups in total. The third-order valence-electron chi connectivity index (χ3n) is 1.93. The second-order valence-corrected chi connectivity index (χ2v) is 3.04. The lowest BCUT2D eigenvalue weighted by molar-refractivity contribution is -0.137. The molecule has 0 saturated heterocycles. The predicted molar refractivity (Wildman–Crippen MR) is 50.3 cm³/mol. The Kier molecular flexibility index (Phi) is 2.55. The normalized spacial score (nSPS) is 11.4. The van der Waals surface area contributed by atoms with E-state index in [9.17, 15) is 13.2 Å². The molecule has 0 aliphatic rings. The summed E-state index contributed by atoms with van der Waals surface area (Å²) in [7, 11) is 0. The van der Waals surface area contributed by atoms with Gasteiger partial charge in [0, 0.05) is 12.4 Å². The maximum Gasteiger partial charge on any atom is 0.417 e. The molecule has 0 aliphatic heterocycles. The minimum absolute atomic E-state index is 0.362. The van der Waals surface area contributed by atoms with Crippen LogP contribution in [0.5, 0.6) is 0 Å². The number of hydrogen-bond acceptors (Lipinski definition) is 3. The van der Waals surface area contributed by atoms with E-state index < -0.39 is 11.7 Å². The Morgan fingerprint density at radius 3 is 2.31 bits per heavy atom. The van der Waals surface area contributed by atoms with Crippen LogP contribution in [-0.2, 0) is 6.18 Å². The Hall–Kier alpha value is -1.98. The molecule has 0 radical (unpaired) electrons. The molecule has 16 heavy (non-hydrogen) atoms. The van der Waals surface area contributed by atoms with Crippen molar-refractivity contribution >= 4 is 0 Å². The summed E-state index contributed by atoms with van der Waals surface area (Å²) < 4.78 is 36.8. The van der Waals surface area contributed by atoms with Gasteiger partial charge < -0.3 is 0 Å². The van der Waals surface area contributed by atoms with Gasteiger partial charge in [0.15, 0.2) is 0 Å². The summed E-state index contributed by atoms with van der Waals surface area (Å²) in [6.07, 6.45) is -2.11. The largest absolute Gasteiger partial charge is 0.417 e. The van der Waals surface area contributed by atoms with Gasteiger partial charge in [0.05, 0.1) is 11.3 Å². The molecule has 0 bridgehead atoms. The molecular formula is C10H6F3N3. The summed E-state index contributed by atoms with van der Waals surface area (Å²) in [6, 6.07) is 5.51. The molecule has 0 aliphatic carbocycles. The first-order valence-electron chi connectivity index (χ1n) is 4.39. The average molecular weight is 225 g/mol. The van der Waals surface area contributed by atoms with Gasteiger partial charge in [0.2, 0.25) is 0 Å². The van der Waals surface area contributed by atoms with E-state index in [2.05, 4.69) is 15.2 Å². The molecule has 0 saturated carbocycles. The molecule has 2 aromatic rings. The van der Waals surface area contributed by atoms with E-state index in [1.165, 1.54) is 12.3 Å². The highest BCUT2D eigenvalue weighted by Crippen LogP contribution is 2.29. The molecule has 0 atom stereocenters. The Labute approximate surface area is 89.0 Å². The third-order valence-corrected chi connectivity index (χ3v) is 1.93. The lowest BCUT2D eigenvalue weighted by atomic mass is 10.2. The van der Waals surface area contributed by atoms with Crippen LogP contribution in [0.25, 0.3) is 11.4 Å². The minimum atomic E-state index is -4.37. The zero-order valence-corrected chi connectivity index (χ0v) is 7.94. The van der Waals surface area contributed by atoms with Gasteiger partial charge in [-0.25, -0.2) is 0 Å². The van der Waals surface area contributed by atoms with Crippen molar-refractivity contribution in [2.45, 2.75) is 6.18 Å². The van der Waals surface area contributed by atoms with Crippen LogP contribution in [0, 0.1) is 0 Å². The SMILES string of the molecule is FC(F)(F)c1ccc(-c2cccnn2)nc1. The molecule has 2 heterocycles. The van der Waals surface area contributed by atoms with Gasteiger partial charge in [-0.3, -0.25) is 4.98 Å². The van der Waals surface area contributed by atoms with E-state index in [1.807, 2.05) is 0 Å². The van der Waals surface area contributed by atoms with Gasteiger partial charge >= 0.3 is 6.18 Å². The van der Waals surface area contributed by atoms with E-state index in [0.29, 0.717) is 11.4 Å². The van der Waals surface area contributed by atoms with Crippen LogP contribution < -0.4 is 0 Å². The van der Waals surface area contributed by atoms with Crippen LogP contribution in [0.4, 0.5) is 13.2 Å². The number of alkyl halides is 3. The average Bonchev–Trinajstić information content (AvgIpc) is 2.29. The van der Waals surface area contributed by atoms with Crippen LogP contribution in [-0.4, -0.2) is 15.2 Å². The zero-order chi connectivity index (χ0) is 11.6. The number of nitrogens with zero attached hydrogens (tertiary/aromatic N) is 3. The van der Waals surface area contributed by atoms with E-state index in [-0.39, 0.29) is 0 Å². The van der Waals surface area contributed by atoms with Crippen molar-refractivity contribution in [2.24, 2.45) is 0 Å². The molecule has 0 fully saturated rings. The topological polar surface area (TPSA) is 38.7 Å². The molecule has 0 aromatic carbocycles. The van der Waals surface area contributed by atoms with E-state index in [0.717, 1.165) is 12.3 Å². The van der Waals surface area contributed by atoms with E-state index in [1.54, 1.807) is 12.1 Å². The number of pyridine rings is 1. The van der Waals surface area contributed by atoms with Crippen molar-refractivity contribution in [2.75, 3.05) is 0 Å². The fourth-order valence-corrected chi connectivity index (χ4v) is 1.15. The summed E-state index contributed by atoms with van der Waals surface area (Å²) in [6.45, 7) is 0. The van der Waals surface area contributed by atoms with Gasteiger partial charge in [-0.15, -0.1) is 5.10 Å². The van der Waals surface area contributed by atoms with Gasteiger partial charge in [0.1, 0.15) is 5.69 Å². The summed E-state index contributed by atoms with van der Waals surface area (Å²) >= 11 is 0. The van der Waals surface area contributed by atoms with Crippen molar-refractivity contribution in [3.8, 4) is 11.4 Å². The van der Waals surface area contributed by atoms with Crippen LogP contribution in [0.2, 0.25) is 0 Å². The highest BCUT2D eigenvalue weighted by molar-refractivity contribution is 5.52. The standard InChI is InChI=1S/C10H6F3N3/c11-10(12,13)7-3-4-8(14-6-7)9-2-1-5-15-16-9/h1-6H. The second-order valence-electron chi connectivity index (χ2n) is 3.04. The van der Waals surface area contributed by atoms with Crippen molar-refractivity contribution in [1.29, 1.82) is 0 Å².